The van der Waals surface area contributed by atoms with E-state index in [9.17, 15) is 0 Å². The SMILES string of the molecule is COC[C@@H](N=C(c1ccccc1)N1C=CC=C[C@H]1C)C(C)C. The van der Waals surface area contributed by atoms with Gasteiger partial charge in [0.25, 0.3) is 0 Å². The van der Waals surface area contributed by atoms with Crippen LogP contribution in [0.2, 0.25) is 0 Å². The molecule has 0 spiro atoms. The van der Waals surface area contributed by atoms with Gasteiger partial charge >= 0.3 is 0 Å². The molecule has 0 N–H and O–H groups in total. The van der Waals surface area contributed by atoms with Crippen molar-refractivity contribution in [2.75, 3.05) is 13.7 Å². The molecule has 1 aromatic rings. The molecule has 0 saturated carbocycles. The van der Waals surface area contributed by atoms with Crippen LogP contribution in [0.1, 0.15) is 26.3 Å². The van der Waals surface area contributed by atoms with Crippen LogP contribution in [0.3, 0.4) is 0 Å². The summed E-state index contributed by atoms with van der Waals surface area (Å²) in [6.45, 7) is 7.19. The zero-order valence-electron chi connectivity index (χ0n) is 13.9. The van der Waals surface area contributed by atoms with Gasteiger partial charge in [-0.1, -0.05) is 56.3 Å². The maximum absolute atomic E-state index is 5.36. The van der Waals surface area contributed by atoms with Crippen LogP contribution in [0.15, 0.2) is 59.8 Å². The Morgan fingerprint density at radius 3 is 2.55 bits per heavy atom. The zero-order valence-corrected chi connectivity index (χ0v) is 13.9. The molecule has 3 nitrogen and oxygen atoms in total. The summed E-state index contributed by atoms with van der Waals surface area (Å²) in [5, 5.41) is 0. The highest BCUT2D eigenvalue weighted by atomic mass is 16.5. The summed E-state index contributed by atoms with van der Waals surface area (Å²) in [5.41, 5.74) is 1.14. The Bertz CT molecular complexity index is 546. The summed E-state index contributed by atoms with van der Waals surface area (Å²) in [5.74, 6) is 1.43. The quantitative estimate of drug-likeness (QED) is 0.609. The number of hydrogen-bond acceptors (Lipinski definition) is 2. The second-order valence-electron chi connectivity index (χ2n) is 5.96. The minimum atomic E-state index is 0.145. The van der Waals surface area contributed by atoms with Crippen LogP contribution in [0.4, 0.5) is 0 Å². The van der Waals surface area contributed by atoms with Gasteiger partial charge in [-0.3, -0.25) is 4.99 Å². The number of allylic oxidation sites excluding steroid dienone is 2. The summed E-state index contributed by atoms with van der Waals surface area (Å²) >= 11 is 0. The highest BCUT2D eigenvalue weighted by Crippen LogP contribution is 2.17. The molecule has 1 aliphatic rings. The fourth-order valence-corrected chi connectivity index (χ4v) is 2.44. The Morgan fingerprint density at radius 1 is 1.23 bits per heavy atom. The fourth-order valence-electron chi connectivity index (χ4n) is 2.44. The van der Waals surface area contributed by atoms with E-state index in [0.717, 1.165) is 11.4 Å². The minimum absolute atomic E-state index is 0.145. The molecule has 2 rings (SSSR count). The first-order chi connectivity index (χ1) is 10.6. The second-order valence-corrected chi connectivity index (χ2v) is 5.96. The molecule has 0 bridgehead atoms. The summed E-state index contributed by atoms with van der Waals surface area (Å²) in [6.07, 6.45) is 8.41. The topological polar surface area (TPSA) is 24.8 Å². The van der Waals surface area contributed by atoms with Gasteiger partial charge in [0, 0.05) is 18.9 Å². The Labute approximate surface area is 134 Å². The van der Waals surface area contributed by atoms with E-state index in [2.05, 4.69) is 74.4 Å². The molecule has 0 aliphatic carbocycles. The lowest BCUT2D eigenvalue weighted by molar-refractivity contribution is 0.164. The number of methoxy groups -OCH3 is 1. The average Bonchev–Trinajstić information content (AvgIpc) is 2.53. The standard InChI is InChI=1S/C19H26N2O/c1-15(2)18(14-22-4)20-19(17-11-6-5-7-12-17)21-13-9-8-10-16(21)3/h5-13,15-16,18H,14H2,1-4H3/t16-,18-/m1/s1. The lowest BCUT2D eigenvalue weighted by atomic mass is 10.0. The largest absolute Gasteiger partial charge is 0.382 e. The molecule has 1 aromatic carbocycles. The lowest BCUT2D eigenvalue weighted by Crippen LogP contribution is -2.36. The normalized spacial score (nSPS) is 19.8. The van der Waals surface area contributed by atoms with Gasteiger partial charge in [0.1, 0.15) is 5.84 Å². The van der Waals surface area contributed by atoms with Crippen LogP contribution in [0.5, 0.6) is 0 Å². The maximum atomic E-state index is 5.36. The van der Waals surface area contributed by atoms with E-state index in [1.807, 2.05) is 6.07 Å². The average molecular weight is 298 g/mol. The number of hydrogen-bond donors (Lipinski definition) is 0. The molecule has 1 heterocycles. The van der Waals surface area contributed by atoms with Crippen LogP contribution in [-0.2, 0) is 4.74 Å². The molecular weight excluding hydrogens is 272 g/mol. The Morgan fingerprint density at radius 2 is 1.95 bits per heavy atom. The third-order valence-electron chi connectivity index (χ3n) is 3.86. The minimum Gasteiger partial charge on any atom is -0.382 e. The number of nitrogens with zero attached hydrogens (tertiary/aromatic N) is 2. The van der Waals surface area contributed by atoms with Crippen molar-refractivity contribution in [3.63, 3.8) is 0 Å². The highest BCUT2D eigenvalue weighted by Gasteiger charge is 2.20. The molecule has 0 aromatic heterocycles. The van der Waals surface area contributed by atoms with Crippen molar-refractivity contribution in [3.05, 3.63) is 60.3 Å². The van der Waals surface area contributed by atoms with Gasteiger partial charge in [-0.15, -0.1) is 0 Å². The van der Waals surface area contributed by atoms with E-state index < -0.39 is 0 Å². The van der Waals surface area contributed by atoms with Crippen molar-refractivity contribution in [2.24, 2.45) is 10.9 Å². The fraction of sp³-hybridized carbons (Fsp3) is 0.421. The molecule has 2 atom stereocenters. The Balaban J connectivity index is 2.41. The van der Waals surface area contributed by atoms with Gasteiger partial charge < -0.3 is 9.64 Å². The van der Waals surface area contributed by atoms with Crippen molar-refractivity contribution in [1.29, 1.82) is 0 Å². The van der Waals surface area contributed by atoms with Gasteiger partial charge in [0.2, 0.25) is 0 Å². The van der Waals surface area contributed by atoms with Crippen molar-refractivity contribution in [2.45, 2.75) is 32.9 Å². The highest BCUT2D eigenvalue weighted by molar-refractivity contribution is 6.00. The molecule has 0 unspecified atom stereocenters. The molecule has 0 amide bonds. The van der Waals surface area contributed by atoms with E-state index in [4.69, 9.17) is 9.73 Å². The second kappa shape index (κ2) is 7.95. The van der Waals surface area contributed by atoms with E-state index in [0.29, 0.717) is 18.6 Å². The summed E-state index contributed by atoms with van der Waals surface area (Å²) in [4.78, 5) is 7.26. The predicted molar refractivity (Wildman–Crippen MR) is 93.1 cm³/mol. The van der Waals surface area contributed by atoms with Crippen molar-refractivity contribution >= 4 is 5.84 Å². The lowest BCUT2D eigenvalue weighted by Gasteiger charge is -2.30. The van der Waals surface area contributed by atoms with Crippen LogP contribution >= 0.6 is 0 Å². The van der Waals surface area contributed by atoms with E-state index >= 15 is 0 Å². The van der Waals surface area contributed by atoms with Gasteiger partial charge in [0.05, 0.1) is 18.7 Å². The van der Waals surface area contributed by atoms with Gasteiger partial charge in [-0.25, -0.2) is 0 Å². The number of amidine groups is 1. The number of benzene rings is 1. The van der Waals surface area contributed by atoms with Gasteiger partial charge in [0.15, 0.2) is 0 Å². The summed E-state index contributed by atoms with van der Waals surface area (Å²) in [7, 11) is 1.74. The number of aliphatic imine (C=N–C) groups is 1. The van der Waals surface area contributed by atoms with Crippen molar-refractivity contribution in [3.8, 4) is 0 Å². The molecule has 1 aliphatic heterocycles. The first-order valence-electron chi connectivity index (χ1n) is 7.89. The first kappa shape index (κ1) is 16.5. The van der Waals surface area contributed by atoms with Crippen LogP contribution in [0, 0.1) is 5.92 Å². The van der Waals surface area contributed by atoms with Gasteiger partial charge in [-0.05, 0) is 18.9 Å². The molecule has 118 valence electrons. The smallest absolute Gasteiger partial charge is 0.135 e. The first-order valence-corrected chi connectivity index (χ1v) is 7.89. The molecule has 0 radical (unpaired) electrons. The van der Waals surface area contributed by atoms with Gasteiger partial charge in [-0.2, -0.15) is 0 Å². The molecule has 0 saturated heterocycles. The Kier molecular flexibility index (Phi) is 5.96. The van der Waals surface area contributed by atoms with Crippen molar-refractivity contribution < 1.29 is 4.74 Å². The van der Waals surface area contributed by atoms with E-state index in [1.165, 1.54) is 0 Å². The van der Waals surface area contributed by atoms with E-state index in [-0.39, 0.29) is 6.04 Å². The van der Waals surface area contributed by atoms with Crippen LogP contribution in [0.25, 0.3) is 0 Å². The Hall–Kier alpha value is -1.87. The third-order valence-corrected chi connectivity index (χ3v) is 3.86. The molecule has 22 heavy (non-hydrogen) atoms. The third kappa shape index (κ3) is 4.08. The molecule has 3 heteroatoms. The van der Waals surface area contributed by atoms with Crippen LogP contribution < -0.4 is 0 Å². The summed E-state index contributed by atoms with van der Waals surface area (Å²) < 4.78 is 5.36. The number of ether oxygens (including phenoxy) is 1. The number of rotatable bonds is 5. The summed E-state index contributed by atoms with van der Waals surface area (Å²) in [6, 6.07) is 10.8. The monoisotopic (exact) mass is 298 g/mol. The van der Waals surface area contributed by atoms with Crippen molar-refractivity contribution in [1.82, 2.24) is 4.90 Å². The van der Waals surface area contributed by atoms with Crippen LogP contribution in [-0.4, -0.2) is 36.5 Å². The maximum Gasteiger partial charge on any atom is 0.135 e. The zero-order chi connectivity index (χ0) is 15.9. The molecular formula is C19H26N2O. The van der Waals surface area contributed by atoms with E-state index in [1.54, 1.807) is 7.11 Å². The predicted octanol–water partition coefficient (Wildman–Crippen LogP) is 3.88. The molecule has 0 fully saturated rings.